The molecule has 1 saturated heterocycles. The largest absolute Gasteiger partial charge is 0.473 e. The molecule has 6 aliphatic rings. The number of carbonyl (C=O) groups excluding carboxylic acids is 4. The van der Waals surface area contributed by atoms with Crippen molar-refractivity contribution in [3.63, 3.8) is 0 Å². The molecule has 1 aromatic carbocycles. The number of fused-ring (bicyclic) bond motifs is 5. The SMILES string of the molecule is C=C[C@@H]1C[C@]1(NC(=O)[C@@H]1C[C@@H]2CN1C(=O)[C@H](C1CCCC1)NC(=O)O[C@@H]1C[C@@H]1CCCCCn1c(cc3ccccc3c1=O)O2)C(=O)NS(=O)(=O)C1CC1. The maximum Gasteiger partial charge on any atom is 0.408 e. The Labute approximate surface area is 314 Å². The minimum absolute atomic E-state index is 0.0251. The average molecular weight is 764 g/mol. The third-order valence-corrected chi connectivity index (χ3v) is 14.2. The zero-order valence-electron chi connectivity index (χ0n) is 30.4. The molecule has 54 heavy (non-hydrogen) atoms. The lowest BCUT2D eigenvalue weighted by molar-refractivity contribution is -0.142. The van der Waals surface area contributed by atoms with Gasteiger partial charge < -0.3 is 25.0 Å². The first-order valence-corrected chi connectivity index (χ1v) is 21.1. The fourth-order valence-corrected chi connectivity index (χ4v) is 10.2. The summed E-state index contributed by atoms with van der Waals surface area (Å²) in [5.74, 6) is -2.04. The molecule has 5 fully saturated rings. The van der Waals surface area contributed by atoms with Crippen LogP contribution < -0.4 is 25.7 Å². The van der Waals surface area contributed by atoms with Gasteiger partial charge in [0.25, 0.3) is 11.5 Å². The molecule has 2 bridgehead atoms. The van der Waals surface area contributed by atoms with E-state index in [2.05, 4.69) is 21.9 Å². The number of aromatic nitrogens is 1. The second-order valence-electron chi connectivity index (χ2n) is 16.1. The predicted octanol–water partition coefficient (Wildman–Crippen LogP) is 3.27. The Morgan fingerprint density at radius 3 is 2.43 bits per heavy atom. The summed E-state index contributed by atoms with van der Waals surface area (Å²) in [7, 11) is -3.90. The molecule has 290 valence electrons. The zero-order valence-corrected chi connectivity index (χ0v) is 31.2. The molecule has 15 heteroatoms. The molecule has 4 aliphatic carbocycles. The fraction of sp³-hybridized carbons (Fsp3) is 0.615. The second-order valence-corrected chi connectivity index (χ2v) is 18.1. The smallest absolute Gasteiger partial charge is 0.408 e. The van der Waals surface area contributed by atoms with Gasteiger partial charge in [0, 0.05) is 30.3 Å². The van der Waals surface area contributed by atoms with E-state index >= 15 is 0 Å². The van der Waals surface area contributed by atoms with Crippen LogP contribution in [0.4, 0.5) is 4.79 Å². The van der Waals surface area contributed by atoms with E-state index in [9.17, 15) is 32.4 Å². The highest BCUT2D eigenvalue weighted by atomic mass is 32.2. The van der Waals surface area contributed by atoms with Gasteiger partial charge in [-0.05, 0) is 74.7 Å². The van der Waals surface area contributed by atoms with Gasteiger partial charge in [0.05, 0.1) is 11.8 Å². The van der Waals surface area contributed by atoms with Gasteiger partial charge in [-0.3, -0.25) is 28.5 Å². The Morgan fingerprint density at radius 1 is 0.944 bits per heavy atom. The van der Waals surface area contributed by atoms with Crippen molar-refractivity contribution in [2.24, 2.45) is 17.8 Å². The standard InChI is InChI=1S/C39H49N5O9S/c1-2-26-21-39(26,37(48)42-54(50,51)28-15-16-28)41-34(45)30-20-27-22-44(30)36(47)33(23-10-5-6-11-23)40-38(49)53-31-18-25(31)13-4-3-9-17-43-32(52-27)19-24-12-7-8-14-29(24)35(43)46/h2,7-8,12,14,19,23,25-28,30-31,33H,1,3-6,9-11,13,15-18,20-22H2,(H,40,49)(H,41,45)(H,42,48)/t25-,26+,27+,30-,31+,33-,39+/m0/s1. The summed E-state index contributed by atoms with van der Waals surface area (Å²) in [4.78, 5) is 71.2. The normalized spacial score (nSPS) is 31.8. The topological polar surface area (TPSA) is 182 Å². The maximum atomic E-state index is 14.7. The molecule has 0 spiro atoms. The lowest BCUT2D eigenvalue weighted by Crippen LogP contribution is -2.59. The van der Waals surface area contributed by atoms with Gasteiger partial charge in [0.2, 0.25) is 21.8 Å². The molecule has 0 radical (unpaired) electrons. The molecule has 4 saturated carbocycles. The van der Waals surface area contributed by atoms with Gasteiger partial charge in [0.15, 0.2) is 5.88 Å². The van der Waals surface area contributed by atoms with Crippen molar-refractivity contribution < 1.29 is 37.1 Å². The van der Waals surface area contributed by atoms with Crippen LogP contribution in [0.15, 0.2) is 47.8 Å². The Kier molecular flexibility index (Phi) is 9.72. The summed E-state index contributed by atoms with van der Waals surface area (Å²) in [6, 6.07) is 7.03. The van der Waals surface area contributed by atoms with Crippen LogP contribution in [0, 0.1) is 17.8 Å². The average Bonchev–Trinajstić information content (AvgIpc) is 4.11. The molecular weight excluding hydrogens is 715 g/mol. The van der Waals surface area contributed by atoms with Gasteiger partial charge in [-0.25, -0.2) is 13.2 Å². The highest BCUT2D eigenvalue weighted by Gasteiger charge is 2.62. The highest BCUT2D eigenvalue weighted by Crippen LogP contribution is 2.46. The number of amides is 4. The quantitative estimate of drug-likeness (QED) is 0.357. The maximum absolute atomic E-state index is 14.7. The van der Waals surface area contributed by atoms with Crippen LogP contribution in [0.1, 0.15) is 83.5 Å². The number of rotatable bonds is 7. The molecule has 3 N–H and O–H groups in total. The Hall–Kier alpha value is -4.40. The molecule has 2 aromatic rings. The number of alkyl carbamates (subject to hydrolysis) is 1. The monoisotopic (exact) mass is 763 g/mol. The molecule has 2 aliphatic heterocycles. The van der Waals surface area contributed by atoms with E-state index in [1.54, 1.807) is 10.6 Å². The van der Waals surface area contributed by atoms with Crippen LogP contribution >= 0.6 is 0 Å². The summed E-state index contributed by atoms with van der Waals surface area (Å²) in [5, 5.41) is 6.34. The third kappa shape index (κ3) is 7.23. The molecule has 8 rings (SSSR count). The zero-order chi connectivity index (χ0) is 37.8. The van der Waals surface area contributed by atoms with E-state index in [4.69, 9.17) is 9.47 Å². The molecule has 1 aromatic heterocycles. The van der Waals surface area contributed by atoms with E-state index < -0.39 is 68.7 Å². The fourth-order valence-electron chi connectivity index (χ4n) is 8.82. The van der Waals surface area contributed by atoms with Crippen LogP contribution in [0.25, 0.3) is 10.8 Å². The van der Waals surface area contributed by atoms with E-state index in [1.165, 1.54) is 11.0 Å². The number of nitrogens with zero attached hydrogens (tertiary/aromatic N) is 2. The number of hydrogen-bond donors (Lipinski definition) is 3. The van der Waals surface area contributed by atoms with E-state index in [1.807, 2.05) is 24.3 Å². The van der Waals surface area contributed by atoms with Gasteiger partial charge in [-0.1, -0.05) is 50.0 Å². The number of hydrogen-bond acceptors (Lipinski definition) is 9. The van der Waals surface area contributed by atoms with Gasteiger partial charge in [-0.2, -0.15) is 0 Å². The molecule has 3 heterocycles. The summed E-state index contributed by atoms with van der Waals surface area (Å²) in [5.41, 5.74) is -1.73. The van der Waals surface area contributed by atoms with Crippen molar-refractivity contribution in [3.05, 3.63) is 53.3 Å². The Balaban J connectivity index is 1.12. The second kappa shape index (κ2) is 14.3. The van der Waals surface area contributed by atoms with Gasteiger partial charge >= 0.3 is 6.09 Å². The van der Waals surface area contributed by atoms with Crippen molar-refractivity contribution in [2.45, 2.75) is 125 Å². The van der Waals surface area contributed by atoms with Crippen LogP contribution in [-0.2, 0) is 35.7 Å². The van der Waals surface area contributed by atoms with Crippen LogP contribution in [0.3, 0.4) is 0 Å². The van der Waals surface area contributed by atoms with Gasteiger partial charge in [-0.15, -0.1) is 6.58 Å². The Morgan fingerprint density at radius 2 is 1.69 bits per heavy atom. The number of nitrogens with one attached hydrogen (secondary N) is 3. The van der Waals surface area contributed by atoms with E-state index in [0.29, 0.717) is 36.0 Å². The first-order valence-electron chi connectivity index (χ1n) is 19.5. The summed E-state index contributed by atoms with van der Waals surface area (Å²) in [6.45, 7) is 4.18. The van der Waals surface area contributed by atoms with Crippen molar-refractivity contribution in [1.29, 1.82) is 0 Å². The van der Waals surface area contributed by atoms with Crippen molar-refractivity contribution in [1.82, 2.24) is 24.8 Å². The van der Waals surface area contributed by atoms with Gasteiger partial charge in [0.1, 0.15) is 29.8 Å². The summed E-state index contributed by atoms with van der Waals surface area (Å²) in [6.07, 6.45) is 8.42. The molecule has 0 unspecified atom stereocenters. The lowest BCUT2D eigenvalue weighted by Gasteiger charge is -2.32. The van der Waals surface area contributed by atoms with Crippen molar-refractivity contribution >= 4 is 44.6 Å². The Bertz CT molecular complexity index is 2020. The summed E-state index contributed by atoms with van der Waals surface area (Å²) >= 11 is 0. The number of ether oxygens (including phenoxy) is 2. The highest BCUT2D eigenvalue weighted by molar-refractivity contribution is 7.91. The molecule has 7 atom stereocenters. The van der Waals surface area contributed by atoms with Crippen LogP contribution in [0.2, 0.25) is 0 Å². The first-order chi connectivity index (χ1) is 26.0. The predicted molar refractivity (Wildman–Crippen MR) is 198 cm³/mol. The minimum Gasteiger partial charge on any atom is -0.473 e. The van der Waals surface area contributed by atoms with Crippen molar-refractivity contribution in [2.75, 3.05) is 6.54 Å². The summed E-state index contributed by atoms with van der Waals surface area (Å²) < 4.78 is 41.7. The van der Waals surface area contributed by atoms with E-state index in [-0.39, 0.29) is 42.9 Å². The third-order valence-electron chi connectivity index (χ3n) is 12.3. The van der Waals surface area contributed by atoms with Crippen LogP contribution in [-0.4, -0.2) is 83.3 Å². The molecular formula is C39H49N5O9S. The molecule has 14 nitrogen and oxygen atoms in total. The van der Waals surface area contributed by atoms with E-state index in [0.717, 1.165) is 57.8 Å². The van der Waals surface area contributed by atoms with Crippen molar-refractivity contribution in [3.8, 4) is 5.88 Å². The number of benzene rings is 1. The number of carbonyl (C=O) groups is 4. The first kappa shape index (κ1) is 36.6. The lowest BCUT2D eigenvalue weighted by atomic mass is 9.96. The number of sulfonamides is 1. The molecule has 4 amide bonds. The number of pyridine rings is 1. The minimum atomic E-state index is -3.90. The van der Waals surface area contributed by atoms with Crippen LogP contribution in [0.5, 0.6) is 5.88 Å².